The molecule has 0 radical (unpaired) electrons. The summed E-state index contributed by atoms with van der Waals surface area (Å²) in [5.41, 5.74) is 0.599. The minimum Gasteiger partial charge on any atom is -0.399 e. The standard InChI is InChI=1S/C13H23BO2.C3H4.C2H6/c1-7-9-11(10-8-2)14-15-12(3,4)13(5,6)16-14;1-3-2;1-2/h7,9-10H,8H2,1-6H3;1H,2H3;1-2H3/b9-7-,11-10+;;. The summed E-state index contributed by atoms with van der Waals surface area (Å²) < 4.78 is 12.0. The second-order valence-corrected chi connectivity index (χ2v) is 5.49. The maximum Gasteiger partial charge on any atom is 0.494 e. The van der Waals surface area contributed by atoms with Gasteiger partial charge in [-0.3, -0.25) is 0 Å². The molecule has 1 aliphatic heterocycles. The first-order valence-electron chi connectivity index (χ1n) is 7.81. The Morgan fingerprint density at radius 2 is 1.52 bits per heavy atom. The van der Waals surface area contributed by atoms with Gasteiger partial charge in [-0.15, -0.1) is 12.3 Å². The van der Waals surface area contributed by atoms with E-state index in [0.29, 0.717) is 0 Å². The molecular weight excluding hydrogens is 259 g/mol. The zero-order valence-electron chi connectivity index (χ0n) is 15.4. The summed E-state index contributed by atoms with van der Waals surface area (Å²) in [5.74, 6) is 2.25. The lowest BCUT2D eigenvalue weighted by atomic mass is 9.77. The molecule has 3 heteroatoms. The van der Waals surface area contributed by atoms with Crippen LogP contribution >= 0.6 is 0 Å². The van der Waals surface area contributed by atoms with Crippen molar-refractivity contribution in [1.29, 1.82) is 0 Å². The number of hydrogen-bond acceptors (Lipinski definition) is 2. The Morgan fingerprint density at radius 3 is 1.81 bits per heavy atom. The van der Waals surface area contributed by atoms with Crippen LogP contribution in [0.5, 0.6) is 0 Å². The van der Waals surface area contributed by atoms with E-state index in [-0.39, 0.29) is 18.3 Å². The molecule has 1 rings (SSSR count). The SMILES string of the molecule is C#CC.C/C=C\C(=C/CC)B1OC(C)(C)C(C)(C)O1.CC. The largest absolute Gasteiger partial charge is 0.494 e. The molecular formula is C18H33BO2. The molecule has 0 spiro atoms. The lowest BCUT2D eigenvalue weighted by Crippen LogP contribution is -2.41. The molecule has 0 bridgehead atoms. The van der Waals surface area contributed by atoms with E-state index in [4.69, 9.17) is 9.31 Å². The van der Waals surface area contributed by atoms with Crippen molar-refractivity contribution >= 4 is 7.12 Å². The topological polar surface area (TPSA) is 18.5 Å². The van der Waals surface area contributed by atoms with Crippen molar-refractivity contribution in [2.24, 2.45) is 0 Å². The van der Waals surface area contributed by atoms with Crippen LogP contribution in [0.4, 0.5) is 0 Å². The smallest absolute Gasteiger partial charge is 0.399 e. The average Bonchev–Trinajstić information content (AvgIpc) is 2.61. The van der Waals surface area contributed by atoms with Crippen molar-refractivity contribution in [1.82, 2.24) is 0 Å². The van der Waals surface area contributed by atoms with Crippen molar-refractivity contribution in [2.75, 3.05) is 0 Å². The Morgan fingerprint density at radius 1 is 1.14 bits per heavy atom. The Labute approximate surface area is 133 Å². The summed E-state index contributed by atoms with van der Waals surface area (Å²) in [5, 5.41) is 0. The molecule has 2 nitrogen and oxygen atoms in total. The van der Waals surface area contributed by atoms with Crippen LogP contribution in [-0.2, 0) is 9.31 Å². The van der Waals surface area contributed by atoms with Crippen molar-refractivity contribution in [3.8, 4) is 12.3 Å². The van der Waals surface area contributed by atoms with Gasteiger partial charge in [-0.1, -0.05) is 39.0 Å². The predicted octanol–water partition coefficient (Wildman–Crippen LogP) is 5.20. The highest BCUT2D eigenvalue weighted by Gasteiger charge is 2.51. The predicted molar refractivity (Wildman–Crippen MR) is 95.1 cm³/mol. The van der Waals surface area contributed by atoms with Gasteiger partial charge in [0.1, 0.15) is 0 Å². The fraction of sp³-hybridized carbons (Fsp3) is 0.667. The van der Waals surface area contributed by atoms with Gasteiger partial charge in [0, 0.05) is 0 Å². The van der Waals surface area contributed by atoms with Crippen LogP contribution in [0.2, 0.25) is 0 Å². The first-order chi connectivity index (χ1) is 9.75. The van der Waals surface area contributed by atoms with Gasteiger partial charge in [0.25, 0.3) is 0 Å². The second-order valence-electron chi connectivity index (χ2n) is 5.49. The zero-order valence-corrected chi connectivity index (χ0v) is 15.4. The van der Waals surface area contributed by atoms with E-state index in [9.17, 15) is 0 Å². The Hall–Kier alpha value is -0.975. The summed E-state index contributed by atoms with van der Waals surface area (Å²) in [6.45, 7) is 18.1. The lowest BCUT2D eigenvalue weighted by molar-refractivity contribution is 0.00578. The van der Waals surface area contributed by atoms with Crippen molar-refractivity contribution in [3.05, 3.63) is 23.7 Å². The minimum atomic E-state index is -0.258. The number of rotatable bonds is 3. The van der Waals surface area contributed by atoms with Crippen LogP contribution in [0.3, 0.4) is 0 Å². The van der Waals surface area contributed by atoms with E-state index in [0.717, 1.165) is 11.9 Å². The van der Waals surface area contributed by atoms with Gasteiger partial charge in [0.2, 0.25) is 0 Å². The molecule has 1 fully saturated rings. The third-order valence-corrected chi connectivity index (χ3v) is 3.32. The van der Waals surface area contributed by atoms with E-state index in [1.807, 2.05) is 26.8 Å². The number of allylic oxidation sites excluding steroid dienone is 4. The summed E-state index contributed by atoms with van der Waals surface area (Å²) in [6, 6.07) is 0. The van der Waals surface area contributed by atoms with Gasteiger partial charge >= 0.3 is 7.12 Å². The van der Waals surface area contributed by atoms with Gasteiger partial charge in [0.15, 0.2) is 0 Å². The zero-order chi connectivity index (χ0) is 17.1. The molecule has 1 aliphatic rings. The highest BCUT2D eigenvalue weighted by Crippen LogP contribution is 2.38. The molecule has 0 aromatic carbocycles. The molecule has 0 unspecified atom stereocenters. The molecule has 120 valence electrons. The molecule has 0 aliphatic carbocycles. The van der Waals surface area contributed by atoms with Crippen LogP contribution in [0, 0.1) is 12.3 Å². The van der Waals surface area contributed by atoms with Gasteiger partial charge in [-0.25, -0.2) is 0 Å². The number of hydrogen-bond donors (Lipinski definition) is 0. The van der Waals surface area contributed by atoms with Crippen LogP contribution in [0.1, 0.15) is 68.7 Å². The molecule has 0 aromatic rings. The van der Waals surface area contributed by atoms with Gasteiger partial charge in [-0.2, -0.15) is 0 Å². The monoisotopic (exact) mass is 292 g/mol. The lowest BCUT2D eigenvalue weighted by Gasteiger charge is -2.32. The number of terminal acetylenes is 1. The van der Waals surface area contributed by atoms with Gasteiger partial charge in [-0.05, 0) is 53.4 Å². The van der Waals surface area contributed by atoms with E-state index in [1.54, 1.807) is 6.92 Å². The highest BCUT2D eigenvalue weighted by molar-refractivity contribution is 6.55. The fourth-order valence-corrected chi connectivity index (χ4v) is 1.65. The molecule has 0 atom stereocenters. The highest BCUT2D eigenvalue weighted by atomic mass is 16.7. The Kier molecular flexibility index (Phi) is 11.4. The average molecular weight is 292 g/mol. The van der Waals surface area contributed by atoms with Gasteiger partial charge < -0.3 is 9.31 Å². The van der Waals surface area contributed by atoms with Crippen molar-refractivity contribution < 1.29 is 9.31 Å². The maximum atomic E-state index is 5.99. The van der Waals surface area contributed by atoms with Crippen LogP contribution in [0.15, 0.2) is 23.7 Å². The summed E-state index contributed by atoms with van der Waals surface area (Å²) in [6.07, 6.45) is 11.8. The van der Waals surface area contributed by atoms with Crippen LogP contribution in [0.25, 0.3) is 0 Å². The summed E-state index contributed by atoms with van der Waals surface area (Å²) in [7, 11) is -0.235. The van der Waals surface area contributed by atoms with Crippen molar-refractivity contribution in [3.63, 3.8) is 0 Å². The minimum absolute atomic E-state index is 0.235. The quantitative estimate of drug-likeness (QED) is 0.404. The molecule has 0 N–H and O–H groups in total. The van der Waals surface area contributed by atoms with Gasteiger partial charge in [0.05, 0.1) is 11.2 Å². The summed E-state index contributed by atoms with van der Waals surface area (Å²) in [4.78, 5) is 0. The third kappa shape index (κ3) is 7.02. The third-order valence-electron chi connectivity index (χ3n) is 3.32. The first-order valence-corrected chi connectivity index (χ1v) is 7.81. The molecule has 0 amide bonds. The normalized spacial score (nSPS) is 19.2. The molecule has 0 aromatic heterocycles. The van der Waals surface area contributed by atoms with Crippen LogP contribution in [-0.4, -0.2) is 18.3 Å². The fourth-order valence-electron chi connectivity index (χ4n) is 1.65. The molecule has 0 saturated carbocycles. The second kappa shape index (κ2) is 10.7. The van der Waals surface area contributed by atoms with E-state index in [2.05, 4.69) is 59.1 Å². The molecule has 1 saturated heterocycles. The molecule has 21 heavy (non-hydrogen) atoms. The van der Waals surface area contributed by atoms with Crippen LogP contribution < -0.4 is 0 Å². The maximum absolute atomic E-state index is 5.99. The Bertz CT molecular complexity index is 357. The summed E-state index contributed by atoms with van der Waals surface area (Å²) >= 11 is 0. The first kappa shape index (κ1) is 22.3. The van der Waals surface area contributed by atoms with Crippen molar-refractivity contribution in [2.45, 2.75) is 79.9 Å². The van der Waals surface area contributed by atoms with E-state index in [1.165, 1.54) is 0 Å². The van der Waals surface area contributed by atoms with E-state index < -0.39 is 0 Å². The molecule has 1 heterocycles. The Balaban J connectivity index is 0. The van der Waals surface area contributed by atoms with E-state index >= 15 is 0 Å².